The first-order chi connectivity index (χ1) is 16.3. The third-order valence-corrected chi connectivity index (χ3v) is 10.1. The van der Waals surface area contributed by atoms with Gasteiger partial charge >= 0.3 is 0 Å². The van der Waals surface area contributed by atoms with Gasteiger partial charge in [0.25, 0.3) is 0 Å². The number of halogens is 1. The summed E-state index contributed by atoms with van der Waals surface area (Å²) in [4.78, 5) is 0. The van der Waals surface area contributed by atoms with E-state index in [1.54, 1.807) is 5.56 Å². The van der Waals surface area contributed by atoms with Crippen molar-refractivity contribution >= 4 is 0 Å². The Morgan fingerprint density at radius 2 is 1.15 bits per heavy atom. The Morgan fingerprint density at radius 1 is 0.636 bits per heavy atom. The van der Waals surface area contributed by atoms with E-state index in [9.17, 15) is 4.39 Å². The van der Waals surface area contributed by atoms with Crippen molar-refractivity contribution in [2.45, 2.75) is 128 Å². The molecule has 3 aliphatic rings. The predicted octanol–water partition coefficient (Wildman–Crippen LogP) is 10.1. The standard InChI is InChI=1S/C32H51F/c1-2-3-6-25-8-12-27(13-9-25)29-16-20-31(21-17-29)32-22-18-30(19-23-32)28-14-10-26(11-15-28)7-4-5-24-33/h8-9,12-13,26,28-32H,2-7,10-11,14-24H2,1H3/t26-,28-,29?,30?,31?,32?. The summed E-state index contributed by atoms with van der Waals surface area (Å²) in [5.41, 5.74) is 3.13. The highest BCUT2D eigenvalue weighted by molar-refractivity contribution is 5.26. The fraction of sp³-hybridized carbons (Fsp3) is 0.812. The van der Waals surface area contributed by atoms with E-state index in [4.69, 9.17) is 0 Å². The maximum atomic E-state index is 12.4. The average Bonchev–Trinajstić information content (AvgIpc) is 2.89. The minimum Gasteiger partial charge on any atom is -0.251 e. The molecule has 3 aliphatic carbocycles. The molecule has 186 valence electrons. The minimum atomic E-state index is -0.119. The molecule has 4 rings (SSSR count). The zero-order valence-corrected chi connectivity index (χ0v) is 21.6. The number of aryl methyl sites for hydroxylation is 1. The molecule has 3 fully saturated rings. The third kappa shape index (κ3) is 7.32. The molecule has 0 saturated heterocycles. The molecule has 0 amide bonds. The molecule has 1 heteroatoms. The first kappa shape index (κ1) is 25.2. The molecule has 0 N–H and O–H groups in total. The van der Waals surface area contributed by atoms with E-state index >= 15 is 0 Å². The smallest absolute Gasteiger partial charge is 0.0894 e. The Labute approximate surface area is 204 Å². The fourth-order valence-electron chi connectivity index (χ4n) is 7.82. The summed E-state index contributed by atoms with van der Waals surface area (Å²) in [6, 6.07) is 9.68. The van der Waals surface area contributed by atoms with Crippen molar-refractivity contribution in [3.05, 3.63) is 35.4 Å². The Balaban J connectivity index is 1.14. The maximum absolute atomic E-state index is 12.4. The van der Waals surface area contributed by atoms with Crippen molar-refractivity contribution in [3.8, 4) is 0 Å². The van der Waals surface area contributed by atoms with Crippen LogP contribution in [0.5, 0.6) is 0 Å². The van der Waals surface area contributed by atoms with E-state index in [2.05, 4.69) is 31.2 Å². The molecule has 0 unspecified atom stereocenters. The van der Waals surface area contributed by atoms with Crippen molar-refractivity contribution in [3.63, 3.8) is 0 Å². The van der Waals surface area contributed by atoms with Crippen molar-refractivity contribution in [1.29, 1.82) is 0 Å². The van der Waals surface area contributed by atoms with Crippen LogP contribution in [0.3, 0.4) is 0 Å². The summed E-state index contributed by atoms with van der Waals surface area (Å²) in [5, 5.41) is 0. The monoisotopic (exact) mass is 454 g/mol. The normalized spacial score (nSPS) is 33.2. The molecule has 0 bridgehead atoms. The zero-order valence-electron chi connectivity index (χ0n) is 21.6. The van der Waals surface area contributed by atoms with Gasteiger partial charge in [0.1, 0.15) is 0 Å². The lowest BCUT2D eigenvalue weighted by Gasteiger charge is -2.41. The second-order valence-electron chi connectivity index (χ2n) is 12.1. The first-order valence-electron chi connectivity index (χ1n) is 14.9. The summed E-state index contributed by atoms with van der Waals surface area (Å²) in [7, 11) is 0. The number of benzene rings is 1. The molecule has 0 atom stereocenters. The predicted molar refractivity (Wildman–Crippen MR) is 140 cm³/mol. The summed E-state index contributed by atoms with van der Waals surface area (Å²) in [5.74, 6) is 5.80. The van der Waals surface area contributed by atoms with E-state index in [0.717, 1.165) is 48.3 Å². The van der Waals surface area contributed by atoms with E-state index in [0.29, 0.717) is 0 Å². The van der Waals surface area contributed by atoms with Gasteiger partial charge in [-0.3, -0.25) is 4.39 Å². The van der Waals surface area contributed by atoms with Crippen molar-refractivity contribution in [2.24, 2.45) is 29.6 Å². The molecular formula is C32H51F. The second-order valence-corrected chi connectivity index (χ2v) is 12.1. The number of rotatable bonds is 10. The molecular weight excluding hydrogens is 403 g/mol. The zero-order chi connectivity index (χ0) is 22.9. The molecule has 3 saturated carbocycles. The molecule has 33 heavy (non-hydrogen) atoms. The van der Waals surface area contributed by atoms with E-state index in [-0.39, 0.29) is 6.67 Å². The summed E-state index contributed by atoms with van der Waals surface area (Å²) in [6.45, 7) is 2.16. The average molecular weight is 455 g/mol. The molecule has 0 spiro atoms. The van der Waals surface area contributed by atoms with Crippen LogP contribution in [0.15, 0.2) is 24.3 Å². The molecule has 1 aromatic carbocycles. The number of unbranched alkanes of at least 4 members (excludes halogenated alkanes) is 2. The Bertz CT molecular complexity index is 640. The molecule has 0 aromatic heterocycles. The van der Waals surface area contributed by atoms with Crippen LogP contribution in [0, 0.1) is 29.6 Å². The number of hydrogen-bond donors (Lipinski definition) is 0. The van der Waals surface area contributed by atoms with Gasteiger partial charge in [-0.25, -0.2) is 0 Å². The van der Waals surface area contributed by atoms with Gasteiger partial charge in [0, 0.05) is 0 Å². The lowest BCUT2D eigenvalue weighted by Crippen LogP contribution is -2.29. The van der Waals surface area contributed by atoms with Gasteiger partial charge in [0.05, 0.1) is 6.67 Å². The Kier molecular flexibility index (Phi) is 10.2. The van der Waals surface area contributed by atoms with Crippen LogP contribution < -0.4 is 0 Å². The SMILES string of the molecule is CCCCc1ccc(C2CCC(C3CCC([C@H]4CC[C@H](CCCCF)CC4)CC3)CC2)cc1. The minimum absolute atomic E-state index is 0.119. The molecule has 0 radical (unpaired) electrons. The van der Waals surface area contributed by atoms with Crippen LogP contribution in [0.4, 0.5) is 4.39 Å². The number of alkyl halides is 1. The molecule has 1 aromatic rings. The Hall–Kier alpha value is -0.850. The largest absolute Gasteiger partial charge is 0.251 e. The lowest BCUT2D eigenvalue weighted by molar-refractivity contribution is 0.108. The van der Waals surface area contributed by atoms with Crippen molar-refractivity contribution in [2.75, 3.05) is 6.67 Å². The highest BCUT2D eigenvalue weighted by Crippen LogP contribution is 2.47. The van der Waals surface area contributed by atoms with Crippen LogP contribution in [0.2, 0.25) is 0 Å². The van der Waals surface area contributed by atoms with Gasteiger partial charge in [-0.05, 0) is 130 Å². The highest BCUT2D eigenvalue weighted by atomic mass is 19.1. The van der Waals surface area contributed by atoms with Gasteiger partial charge in [-0.15, -0.1) is 0 Å². The van der Waals surface area contributed by atoms with Gasteiger partial charge in [-0.2, -0.15) is 0 Å². The third-order valence-electron chi connectivity index (χ3n) is 10.1. The molecule has 0 aliphatic heterocycles. The van der Waals surface area contributed by atoms with Crippen LogP contribution >= 0.6 is 0 Å². The Morgan fingerprint density at radius 3 is 1.67 bits per heavy atom. The van der Waals surface area contributed by atoms with E-state index < -0.39 is 0 Å². The van der Waals surface area contributed by atoms with E-state index in [1.165, 1.54) is 108 Å². The second kappa shape index (κ2) is 13.3. The van der Waals surface area contributed by atoms with Crippen LogP contribution in [-0.4, -0.2) is 6.67 Å². The van der Waals surface area contributed by atoms with E-state index in [1.807, 2.05) is 0 Å². The summed E-state index contributed by atoms with van der Waals surface area (Å²) in [6.07, 6.45) is 24.7. The maximum Gasteiger partial charge on any atom is 0.0894 e. The summed E-state index contributed by atoms with van der Waals surface area (Å²) < 4.78 is 12.4. The van der Waals surface area contributed by atoms with Gasteiger partial charge in [0.15, 0.2) is 0 Å². The topological polar surface area (TPSA) is 0 Å². The highest BCUT2D eigenvalue weighted by Gasteiger charge is 2.34. The number of hydrogen-bond acceptors (Lipinski definition) is 0. The molecule has 0 nitrogen and oxygen atoms in total. The summed E-state index contributed by atoms with van der Waals surface area (Å²) >= 11 is 0. The van der Waals surface area contributed by atoms with Crippen molar-refractivity contribution in [1.82, 2.24) is 0 Å². The lowest BCUT2D eigenvalue weighted by atomic mass is 9.64. The molecule has 0 heterocycles. The van der Waals surface area contributed by atoms with Gasteiger partial charge in [-0.1, -0.05) is 63.3 Å². The van der Waals surface area contributed by atoms with Crippen LogP contribution in [0.25, 0.3) is 0 Å². The van der Waals surface area contributed by atoms with Gasteiger partial charge in [0.2, 0.25) is 0 Å². The fourth-order valence-corrected chi connectivity index (χ4v) is 7.82. The van der Waals surface area contributed by atoms with Gasteiger partial charge < -0.3 is 0 Å². The van der Waals surface area contributed by atoms with Crippen LogP contribution in [-0.2, 0) is 6.42 Å². The first-order valence-corrected chi connectivity index (χ1v) is 14.9. The quantitative estimate of drug-likeness (QED) is 0.308. The van der Waals surface area contributed by atoms with Crippen molar-refractivity contribution < 1.29 is 4.39 Å². The van der Waals surface area contributed by atoms with Crippen LogP contribution in [0.1, 0.15) is 133 Å².